The zero-order chi connectivity index (χ0) is 11.0. The van der Waals surface area contributed by atoms with Crippen LogP contribution in [0.25, 0.3) is 0 Å². The van der Waals surface area contributed by atoms with Crippen molar-refractivity contribution in [3.63, 3.8) is 0 Å². The second-order valence-corrected chi connectivity index (χ2v) is 2.37. The summed E-state index contributed by atoms with van der Waals surface area (Å²) in [5, 5.41) is 2.32. The van der Waals surface area contributed by atoms with Gasteiger partial charge in [0.25, 0.3) is 0 Å². The van der Waals surface area contributed by atoms with E-state index < -0.39 is 18.0 Å². The van der Waals surface area contributed by atoms with E-state index in [0.29, 0.717) is 6.54 Å². The van der Waals surface area contributed by atoms with E-state index in [1.54, 1.807) is 0 Å². The number of primary amides is 1. The van der Waals surface area contributed by atoms with Gasteiger partial charge in [0.05, 0.1) is 0 Å². The van der Waals surface area contributed by atoms with Crippen LogP contribution in [0.1, 0.15) is 13.3 Å². The highest BCUT2D eigenvalue weighted by Gasteiger charge is 2.05. The molecule has 2 amide bonds. The Kier molecular flexibility index (Phi) is 5.77. The third-order valence-electron chi connectivity index (χ3n) is 1.10. The number of esters is 1. The second kappa shape index (κ2) is 6.64. The Morgan fingerprint density at radius 2 is 2.00 bits per heavy atom. The number of nitrogens with two attached hydrogens (primary N) is 1. The van der Waals surface area contributed by atoms with Gasteiger partial charge in [-0.1, -0.05) is 6.92 Å². The molecule has 0 radical (unpaired) electrons. The van der Waals surface area contributed by atoms with Gasteiger partial charge in [0, 0.05) is 18.7 Å². The number of hydrogen-bond donors (Lipinski definition) is 2. The molecule has 0 fully saturated rings. The lowest BCUT2D eigenvalue weighted by atomic mass is 10.5. The Hall–Kier alpha value is -1.85. The van der Waals surface area contributed by atoms with Crippen molar-refractivity contribution < 1.29 is 19.1 Å². The van der Waals surface area contributed by atoms with Crippen LogP contribution in [-0.4, -0.2) is 24.5 Å². The molecule has 0 heterocycles. The molecule has 0 aromatic rings. The molecule has 6 nitrogen and oxygen atoms in total. The molecule has 3 N–H and O–H groups in total. The van der Waals surface area contributed by atoms with Crippen molar-refractivity contribution in [2.24, 2.45) is 5.73 Å². The third kappa shape index (κ3) is 6.84. The summed E-state index contributed by atoms with van der Waals surface area (Å²) in [6, 6.07) is 0. The number of carbonyl (C=O) groups is 3. The van der Waals surface area contributed by atoms with Gasteiger partial charge in [-0.15, -0.1) is 0 Å². The molecule has 0 spiro atoms. The molecule has 0 saturated carbocycles. The molecule has 0 aromatic heterocycles. The van der Waals surface area contributed by atoms with E-state index in [1.165, 1.54) is 0 Å². The van der Waals surface area contributed by atoms with E-state index in [4.69, 9.17) is 5.73 Å². The van der Waals surface area contributed by atoms with E-state index in [2.05, 4.69) is 10.1 Å². The first-order valence-corrected chi connectivity index (χ1v) is 4.03. The fourth-order valence-electron chi connectivity index (χ4n) is 0.539. The van der Waals surface area contributed by atoms with E-state index in [9.17, 15) is 14.4 Å². The van der Waals surface area contributed by atoms with Crippen LogP contribution in [0.15, 0.2) is 12.2 Å². The zero-order valence-corrected chi connectivity index (χ0v) is 7.78. The fourth-order valence-corrected chi connectivity index (χ4v) is 0.539. The topological polar surface area (TPSA) is 98.5 Å². The van der Waals surface area contributed by atoms with E-state index >= 15 is 0 Å². The lowest BCUT2D eigenvalue weighted by molar-refractivity contribution is -0.132. The Morgan fingerprint density at radius 1 is 1.36 bits per heavy atom. The van der Waals surface area contributed by atoms with Crippen molar-refractivity contribution in [1.82, 2.24) is 5.32 Å². The molecule has 0 aliphatic rings. The molecule has 6 heteroatoms. The van der Waals surface area contributed by atoms with Crippen LogP contribution in [-0.2, 0) is 14.3 Å². The summed E-state index contributed by atoms with van der Waals surface area (Å²) in [4.78, 5) is 31.7. The van der Waals surface area contributed by atoms with Crippen LogP contribution in [0.2, 0.25) is 0 Å². The summed E-state index contributed by atoms with van der Waals surface area (Å²) in [5.74, 6) is -1.71. The average molecular weight is 200 g/mol. The molecule has 0 atom stereocenters. The van der Waals surface area contributed by atoms with Gasteiger partial charge in [-0.2, -0.15) is 0 Å². The molecule has 0 unspecified atom stereocenters. The first-order valence-electron chi connectivity index (χ1n) is 4.03. The first-order chi connectivity index (χ1) is 6.56. The number of alkyl carbamates (subject to hydrolysis) is 1. The van der Waals surface area contributed by atoms with Gasteiger partial charge in [-0.3, -0.25) is 4.79 Å². The van der Waals surface area contributed by atoms with Gasteiger partial charge in [0.2, 0.25) is 5.91 Å². The van der Waals surface area contributed by atoms with Crippen molar-refractivity contribution in [3.8, 4) is 0 Å². The van der Waals surface area contributed by atoms with Crippen molar-refractivity contribution in [3.05, 3.63) is 12.2 Å². The molecule has 0 bridgehead atoms. The van der Waals surface area contributed by atoms with Crippen molar-refractivity contribution in [2.45, 2.75) is 13.3 Å². The van der Waals surface area contributed by atoms with Crippen molar-refractivity contribution in [1.29, 1.82) is 0 Å². The van der Waals surface area contributed by atoms with Gasteiger partial charge in [-0.25, -0.2) is 9.59 Å². The van der Waals surface area contributed by atoms with Crippen LogP contribution in [0.5, 0.6) is 0 Å². The van der Waals surface area contributed by atoms with Gasteiger partial charge in [0.15, 0.2) is 0 Å². The molecule has 0 rings (SSSR count). The molecule has 78 valence electrons. The number of hydrogen-bond acceptors (Lipinski definition) is 4. The normalized spacial score (nSPS) is 9.79. The highest BCUT2D eigenvalue weighted by molar-refractivity contribution is 5.97. The highest BCUT2D eigenvalue weighted by atomic mass is 16.6. The van der Waals surface area contributed by atoms with Gasteiger partial charge in [0.1, 0.15) is 0 Å². The molecule has 0 saturated heterocycles. The van der Waals surface area contributed by atoms with Gasteiger partial charge < -0.3 is 15.8 Å². The highest BCUT2D eigenvalue weighted by Crippen LogP contribution is 1.83. The second-order valence-electron chi connectivity index (χ2n) is 2.37. The van der Waals surface area contributed by atoms with Crippen LogP contribution < -0.4 is 11.1 Å². The summed E-state index contributed by atoms with van der Waals surface area (Å²) >= 11 is 0. The van der Waals surface area contributed by atoms with Gasteiger partial charge >= 0.3 is 12.1 Å². The maximum atomic E-state index is 10.8. The predicted octanol–water partition coefficient (Wildman–Crippen LogP) is -0.309. The smallest absolute Gasteiger partial charge is 0.373 e. The Morgan fingerprint density at radius 3 is 2.50 bits per heavy atom. The largest absolute Gasteiger partial charge is 0.415 e. The molecule has 0 aliphatic carbocycles. The minimum Gasteiger partial charge on any atom is -0.373 e. The number of rotatable bonds is 4. The van der Waals surface area contributed by atoms with Crippen LogP contribution in [0.3, 0.4) is 0 Å². The molecule has 14 heavy (non-hydrogen) atoms. The average Bonchev–Trinajstić information content (AvgIpc) is 2.11. The summed E-state index contributed by atoms with van der Waals surface area (Å²) in [7, 11) is 0. The van der Waals surface area contributed by atoms with Crippen molar-refractivity contribution in [2.75, 3.05) is 6.54 Å². The Balaban J connectivity index is 3.82. The minimum atomic E-state index is -0.933. The maximum absolute atomic E-state index is 10.8. The maximum Gasteiger partial charge on any atom is 0.415 e. The number of carbonyl (C=O) groups excluding carboxylic acids is 3. The summed E-state index contributed by atoms with van der Waals surface area (Å²) < 4.78 is 4.22. The van der Waals surface area contributed by atoms with Crippen LogP contribution in [0, 0.1) is 0 Å². The molecular weight excluding hydrogens is 188 g/mol. The standard InChI is InChI=1S/C8H12N2O4/c1-2-5-10-8(13)14-7(12)4-3-6(9)11/h3-4H,2,5H2,1H3,(H2,9,11)(H,10,13)/b4-3-. The zero-order valence-electron chi connectivity index (χ0n) is 7.78. The number of ether oxygens (including phenoxy) is 1. The molecule has 0 aliphatic heterocycles. The number of nitrogens with one attached hydrogen (secondary N) is 1. The SMILES string of the molecule is CCCNC(=O)OC(=O)/C=C\C(N)=O. The molecule has 0 aromatic carbocycles. The quantitative estimate of drug-likeness (QED) is 0.369. The van der Waals surface area contributed by atoms with Crippen LogP contribution >= 0.6 is 0 Å². The summed E-state index contributed by atoms with van der Waals surface area (Å²) in [6.07, 6.45) is 1.50. The van der Waals surface area contributed by atoms with E-state index in [1.807, 2.05) is 6.92 Å². The predicted molar refractivity (Wildman–Crippen MR) is 48.1 cm³/mol. The fraction of sp³-hybridized carbons (Fsp3) is 0.375. The first kappa shape index (κ1) is 12.2. The Bertz CT molecular complexity index is 260. The lowest BCUT2D eigenvalue weighted by Gasteiger charge is -2.00. The monoisotopic (exact) mass is 200 g/mol. The van der Waals surface area contributed by atoms with E-state index in [0.717, 1.165) is 18.6 Å². The van der Waals surface area contributed by atoms with Crippen LogP contribution in [0.4, 0.5) is 4.79 Å². The van der Waals surface area contributed by atoms with Gasteiger partial charge in [-0.05, 0) is 6.42 Å². The van der Waals surface area contributed by atoms with Crippen molar-refractivity contribution >= 4 is 18.0 Å². The summed E-state index contributed by atoms with van der Waals surface area (Å²) in [5.41, 5.74) is 4.72. The number of amides is 2. The van der Waals surface area contributed by atoms with E-state index in [-0.39, 0.29) is 0 Å². The Labute approximate surface area is 81.1 Å². The molecular formula is C8H12N2O4. The minimum absolute atomic E-state index is 0.422. The third-order valence-corrected chi connectivity index (χ3v) is 1.10. The summed E-state index contributed by atoms with van der Waals surface area (Å²) in [6.45, 7) is 2.28. The lowest BCUT2D eigenvalue weighted by Crippen LogP contribution is -2.26.